The first-order valence-electron chi connectivity index (χ1n) is 12.1. The van der Waals surface area contributed by atoms with E-state index in [4.69, 9.17) is 9.40 Å². The van der Waals surface area contributed by atoms with Gasteiger partial charge in [0.2, 0.25) is 5.89 Å². The predicted molar refractivity (Wildman–Crippen MR) is 145 cm³/mol. The Labute approximate surface area is 208 Å². The molecule has 0 saturated carbocycles. The molecule has 172 valence electrons. The standard InChI is InChI=1S/C32H24N3O/c1-21-19-26-30(36-31(33-26)23-12-4-3-5-13-23)20-25(21)32-34(2)28-16-8-9-17-29(28)35(32)27-18-10-14-22-11-6-7-15-24(22)27/h3-20H,1-2H3/q+1. The van der Waals surface area contributed by atoms with Gasteiger partial charge in [0.15, 0.2) is 16.6 Å². The molecule has 36 heavy (non-hydrogen) atoms. The van der Waals surface area contributed by atoms with E-state index in [-0.39, 0.29) is 0 Å². The highest BCUT2D eigenvalue weighted by atomic mass is 16.3. The number of hydrogen-bond acceptors (Lipinski definition) is 2. The Morgan fingerprint density at radius 3 is 2.42 bits per heavy atom. The van der Waals surface area contributed by atoms with E-state index < -0.39 is 0 Å². The molecule has 0 aliphatic heterocycles. The fraction of sp³-hybridized carbons (Fsp3) is 0.0625. The van der Waals surface area contributed by atoms with E-state index in [9.17, 15) is 0 Å². The summed E-state index contributed by atoms with van der Waals surface area (Å²) in [5.74, 6) is 1.74. The van der Waals surface area contributed by atoms with E-state index in [2.05, 4.69) is 102 Å². The van der Waals surface area contributed by atoms with E-state index in [0.29, 0.717) is 5.89 Å². The Morgan fingerprint density at radius 1 is 0.778 bits per heavy atom. The van der Waals surface area contributed by atoms with Crippen molar-refractivity contribution in [3.8, 4) is 28.5 Å². The van der Waals surface area contributed by atoms with Gasteiger partial charge in [0, 0.05) is 10.9 Å². The molecule has 0 saturated heterocycles. The molecule has 5 aromatic carbocycles. The average Bonchev–Trinajstić information content (AvgIpc) is 3.46. The molecule has 2 heterocycles. The molecule has 2 aromatic heterocycles. The van der Waals surface area contributed by atoms with Gasteiger partial charge >= 0.3 is 0 Å². The average molecular weight is 467 g/mol. The normalized spacial score (nSPS) is 11.6. The lowest BCUT2D eigenvalue weighted by atomic mass is 10.1. The molecule has 0 bridgehead atoms. The molecular weight excluding hydrogens is 442 g/mol. The van der Waals surface area contributed by atoms with Crippen LogP contribution in [0.1, 0.15) is 5.56 Å². The largest absolute Gasteiger partial charge is 0.436 e. The van der Waals surface area contributed by atoms with Crippen LogP contribution in [0, 0.1) is 6.92 Å². The van der Waals surface area contributed by atoms with Crippen molar-refractivity contribution in [2.75, 3.05) is 0 Å². The van der Waals surface area contributed by atoms with E-state index in [0.717, 1.165) is 44.8 Å². The quantitative estimate of drug-likeness (QED) is 0.254. The van der Waals surface area contributed by atoms with Gasteiger partial charge in [-0.2, -0.15) is 4.57 Å². The van der Waals surface area contributed by atoms with Crippen LogP contribution < -0.4 is 4.57 Å². The molecule has 0 aliphatic carbocycles. The first kappa shape index (κ1) is 20.7. The Balaban J connectivity index is 1.54. The van der Waals surface area contributed by atoms with Crippen LogP contribution in [0.4, 0.5) is 0 Å². The number of oxazole rings is 1. The van der Waals surface area contributed by atoms with Gasteiger partial charge in [-0.25, -0.2) is 9.55 Å². The topological polar surface area (TPSA) is 34.8 Å². The van der Waals surface area contributed by atoms with Gasteiger partial charge in [-0.15, -0.1) is 0 Å². The van der Waals surface area contributed by atoms with Gasteiger partial charge < -0.3 is 4.42 Å². The second-order valence-electron chi connectivity index (χ2n) is 9.22. The number of rotatable bonds is 3. The fourth-order valence-corrected chi connectivity index (χ4v) is 5.29. The van der Waals surface area contributed by atoms with Crippen molar-refractivity contribution in [2.45, 2.75) is 6.92 Å². The summed E-state index contributed by atoms with van der Waals surface area (Å²) in [4.78, 5) is 4.79. The van der Waals surface area contributed by atoms with Crippen molar-refractivity contribution in [1.82, 2.24) is 9.55 Å². The van der Waals surface area contributed by atoms with Crippen LogP contribution in [0.25, 0.3) is 61.4 Å². The molecular formula is C32H24N3O+. The SMILES string of the molecule is Cc1cc2nc(-c3ccccc3)oc2cc1-c1n(-c2cccc3ccccc23)c2ccccc2[n+]1C. The monoisotopic (exact) mass is 466 g/mol. The number of imidazole rings is 1. The van der Waals surface area contributed by atoms with Crippen LogP contribution >= 0.6 is 0 Å². The lowest BCUT2D eigenvalue weighted by Gasteiger charge is -2.09. The molecule has 7 aromatic rings. The molecule has 0 atom stereocenters. The molecule has 4 nitrogen and oxygen atoms in total. The molecule has 0 unspecified atom stereocenters. The van der Waals surface area contributed by atoms with Crippen molar-refractivity contribution in [3.05, 3.63) is 115 Å². The zero-order valence-electron chi connectivity index (χ0n) is 20.1. The van der Waals surface area contributed by atoms with Crippen molar-refractivity contribution < 1.29 is 8.98 Å². The minimum Gasteiger partial charge on any atom is -0.436 e. The van der Waals surface area contributed by atoms with Gasteiger partial charge in [-0.05, 0) is 60.3 Å². The van der Waals surface area contributed by atoms with Gasteiger partial charge in [0.25, 0.3) is 5.82 Å². The number of hydrogen-bond donors (Lipinski definition) is 0. The number of fused-ring (bicyclic) bond motifs is 3. The summed E-state index contributed by atoms with van der Waals surface area (Å²) < 4.78 is 10.9. The fourth-order valence-electron chi connectivity index (χ4n) is 5.29. The van der Waals surface area contributed by atoms with E-state index >= 15 is 0 Å². The predicted octanol–water partition coefficient (Wildman–Crippen LogP) is 7.39. The smallest absolute Gasteiger partial charge is 0.295 e. The first-order valence-corrected chi connectivity index (χ1v) is 12.1. The maximum absolute atomic E-state index is 6.27. The number of benzene rings is 5. The van der Waals surface area contributed by atoms with E-state index in [1.165, 1.54) is 16.3 Å². The van der Waals surface area contributed by atoms with Gasteiger partial charge in [-0.3, -0.25) is 0 Å². The minimum atomic E-state index is 0.640. The van der Waals surface area contributed by atoms with Crippen LogP contribution in [0.5, 0.6) is 0 Å². The highest BCUT2D eigenvalue weighted by Crippen LogP contribution is 2.35. The number of aromatic nitrogens is 3. The molecule has 0 aliphatic rings. The van der Waals surface area contributed by atoms with Gasteiger partial charge in [0.05, 0.1) is 12.6 Å². The summed E-state index contributed by atoms with van der Waals surface area (Å²) in [6, 6.07) is 38.0. The van der Waals surface area contributed by atoms with Crippen molar-refractivity contribution >= 4 is 32.9 Å². The molecule has 0 amide bonds. The summed E-state index contributed by atoms with van der Waals surface area (Å²) in [6.45, 7) is 2.15. The number of para-hydroxylation sites is 2. The van der Waals surface area contributed by atoms with Crippen molar-refractivity contribution in [3.63, 3.8) is 0 Å². The van der Waals surface area contributed by atoms with Gasteiger partial charge in [0.1, 0.15) is 11.2 Å². The maximum Gasteiger partial charge on any atom is 0.295 e. The van der Waals surface area contributed by atoms with Crippen LogP contribution in [-0.4, -0.2) is 9.55 Å². The summed E-state index contributed by atoms with van der Waals surface area (Å²) in [5, 5.41) is 2.43. The second-order valence-corrected chi connectivity index (χ2v) is 9.22. The molecule has 7 rings (SSSR count). The third-order valence-electron chi connectivity index (χ3n) is 7.02. The second kappa shape index (κ2) is 7.92. The van der Waals surface area contributed by atoms with Crippen molar-refractivity contribution in [1.29, 1.82) is 0 Å². The van der Waals surface area contributed by atoms with Crippen LogP contribution in [0.2, 0.25) is 0 Å². The molecule has 0 radical (unpaired) electrons. The zero-order valence-corrected chi connectivity index (χ0v) is 20.1. The molecule has 0 spiro atoms. The molecule has 0 N–H and O–H groups in total. The van der Waals surface area contributed by atoms with Crippen molar-refractivity contribution in [2.24, 2.45) is 7.05 Å². The van der Waals surface area contributed by atoms with E-state index in [1.54, 1.807) is 0 Å². The third-order valence-corrected chi connectivity index (χ3v) is 7.02. The summed E-state index contributed by atoms with van der Waals surface area (Å²) in [7, 11) is 2.14. The Morgan fingerprint density at radius 2 is 1.53 bits per heavy atom. The zero-order chi connectivity index (χ0) is 24.2. The number of aryl methyl sites for hydroxylation is 2. The minimum absolute atomic E-state index is 0.640. The first-order chi connectivity index (χ1) is 17.7. The third kappa shape index (κ3) is 3.08. The van der Waals surface area contributed by atoms with Crippen LogP contribution in [0.3, 0.4) is 0 Å². The molecule has 4 heteroatoms. The Hall–Kier alpha value is -4.70. The number of nitrogens with zero attached hydrogens (tertiary/aromatic N) is 3. The lowest BCUT2D eigenvalue weighted by Crippen LogP contribution is -2.30. The van der Waals surface area contributed by atoms with E-state index in [1.807, 2.05) is 30.3 Å². The Kier molecular flexibility index (Phi) is 4.55. The summed E-state index contributed by atoms with van der Waals surface area (Å²) in [6.07, 6.45) is 0. The molecule has 0 fully saturated rings. The highest BCUT2D eigenvalue weighted by molar-refractivity contribution is 5.94. The summed E-state index contributed by atoms with van der Waals surface area (Å²) in [5.41, 5.74) is 8.37. The van der Waals surface area contributed by atoms with Crippen LogP contribution in [0.15, 0.2) is 114 Å². The maximum atomic E-state index is 6.27. The lowest BCUT2D eigenvalue weighted by molar-refractivity contribution is -0.633. The summed E-state index contributed by atoms with van der Waals surface area (Å²) >= 11 is 0. The van der Waals surface area contributed by atoms with Gasteiger partial charge in [-0.1, -0.05) is 66.7 Å². The van der Waals surface area contributed by atoms with Crippen LogP contribution in [-0.2, 0) is 7.05 Å². The Bertz CT molecular complexity index is 1910. The highest BCUT2D eigenvalue weighted by Gasteiger charge is 2.28.